The maximum Gasteiger partial charge on any atom is 0.328 e. The fourth-order valence-corrected chi connectivity index (χ4v) is 3.70. The Labute approximate surface area is 192 Å². The predicted octanol–water partition coefficient (Wildman–Crippen LogP) is 3.96. The Kier molecular flexibility index (Phi) is 7.02. The lowest BCUT2D eigenvalue weighted by Gasteiger charge is -2.24. The van der Waals surface area contributed by atoms with E-state index >= 15 is 0 Å². The number of benzene rings is 1. The molecule has 0 saturated heterocycles. The van der Waals surface area contributed by atoms with Crippen LogP contribution in [0.15, 0.2) is 41.1 Å². The van der Waals surface area contributed by atoms with Crippen LogP contribution in [0.5, 0.6) is 11.5 Å². The Morgan fingerprint density at radius 3 is 2.62 bits per heavy atom. The molecule has 2 heterocycles. The highest BCUT2D eigenvalue weighted by Crippen LogP contribution is 2.31. The van der Waals surface area contributed by atoms with Crippen molar-refractivity contribution in [3.63, 3.8) is 0 Å². The molecule has 8 nitrogen and oxygen atoms in total. The van der Waals surface area contributed by atoms with Crippen molar-refractivity contribution in [1.29, 1.82) is 0 Å². The van der Waals surface area contributed by atoms with Crippen LogP contribution in [0.3, 0.4) is 0 Å². The largest absolute Gasteiger partial charge is 0.503 e. The van der Waals surface area contributed by atoms with E-state index in [0.717, 1.165) is 4.47 Å². The number of esters is 1. The first-order valence-corrected chi connectivity index (χ1v) is 10.6. The quantitative estimate of drug-likeness (QED) is 0.469. The second-order valence-electron chi connectivity index (χ2n) is 7.30. The fraction of sp³-hybridized carbons (Fsp3) is 0.318. The summed E-state index contributed by atoms with van der Waals surface area (Å²) in [4.78, 5) is 28.8. The molecule has 0 fully saturated rings. The van der Waals surface area contributed by atoms with Crippen molar-refractivity contribution in [2.45, 2.75) is 39.0 Å². The van der Waals surface area contributed by atoms with Gasteiger partial charge in [0.05, 0.1) is 18.7 Å². The number of aromatic hydroxyl groups is 1. The smallest absolute Gasteiger partial charge is 0.328 e. The SMILES string of the molecule is COc1ccnc(C(=O)N[C@@H](C)C(=O)OC(C)C(C)n2ccc3c(Br)ccc(F)c32)c1O. The minimum absolute atomic E-state index is 0.0839. The van der Waals surface area contributed by atoms with Crippen LogP contribution in [-0.2, 0) is 9.53 Å². The third-order valence-corrected chi connectivity index (χ3v) is 5.91. The number of carbonyl (C=O) groups is 2. The number of rotatable bonds is 7. The molecule has 1 amide bonds. The number of nitrogens with zero attached hydrogens (tertiary/aromatic N) is 2. The topological polar surface area (TPSA) is 103 Å². The van der Waals surface area contributed by atoms with Crippen LogP contribution < -0.4 is 10.1 Å². The van der Waals surface area contributed by atoms with E-state index in [1.165, 1.54) is 32.4 Å². The number of pyridine rings is 1. The van der Waals surface area contributed by atoms with Gasteiger partial charge in [-0.05, 0) is 39.0 Å². The van der Waals surface area contributed by atoms with E-state index < -0.39 is 29.8 Å². The highest BCUT2D eigenvalue weighted by molar-refractivity contribution is 9.10. The Bertz CT molecular complexity index is 1170. The molecule has 0 bridgehead atoms. The first kappa shape index (κ1) is 23.5. The first-order valence-electron chi connectivity index (χ1n) is 9.83. The number of halogens is 2. The minimum Gasteiger partial charge on any atom is -0.503 e. The zero-order valence-corrected chi connectivity index (χ0v) is 19.5. The van der Waals surface area contributed by atoms with Crippen molar-refractivity contribution < 1.29 is 28.6 Å². The van der Waals surface area contributed by atoms with Gasteiger partial charge in [-0.3, -0.25) is 4.79 Å². The van der Waals surface area contributed by atoms with Crippen molar-refractivity contribution >= 4 is 38.7 Å². The van der Waals surface area contributed by atoms with Gasteiger partial charge in [0, 0.05) is 28.3 Å². The van der Waals surface area contributed by atoms with E-state index in [1.54, 1.807) is 36.7 Å². The number of ether oxygens (including phenoxy) is 2. The van der Waals surface area contributed by atoms with Crippen molar-refractivity contribution in [2.24, 2.45) is 0 Å². The summed E-state index contributed by atoms with van der Waals surface area (Å²) in [7, 11) is 1.35. The van der Waals surface area contributed by atoms with Crippen LogP contribution in [0, 0.1) is 5.82 Å². The summed E-state index contributed by atoms with van der Waals surface area (Å²) in [5.74, 6) is -2.17. The second kappa shape index (κ2) is 9.56. The number of aromatic nitrogens is 2. The van der Waals surface area contributed by atoms with E-state index in [-0.39, 0.29) is 23.3 Å². The number of hydrogen-bond acceptors (Lipinski definition) is 6. The monoisotopic (exact) mass is 507 g/mol. The standard InChI is InChI=1S/C22H23BrFN3O5/c1-11(26-21(29)18-20(28)17(31-4)7-9-25-18)22(30)32-13(3)12(2)27-10-8-14-15(23)5-6-16(24)19(14)27/h5-13,28H,1-4H3,(H,26,29)/t11-,12?,13?/m0/s1. The van der Waals surface area contributed by atoms with Crippen molar-refractivity contribution in [3.05, 3.63) is 52.6 Å². The van der Waals surface area contributed by atoms with Crippen LogP contribution in [-0.4, -0.2) is 45.8 Å². The average molecular weight is 508 g/mol. The van der Waals surface area contributed by atoms with E-state index in [9.17, 15) is 19.1 Å². The lowest BCUT2D eigenvalue weighted by Crippen LogP contribution is -2.41. The van der Waals surface area contributed by atoms with Gasteiger partial charge in [0.2, 0.25) is 0 Å². The second-order valence-corrected chi connectivity index (χ2v) is 8.16. The fourth-order valence-electron chi connectivity index (χ4n) is 3.25. The molecule has 2 aromatic heterocycles. The van der Waals surface area contributed by atoms with Gasteiger partial charge >= 0.3 is 5.97 Å². The Morgan fingerprint density at radius 2 is 1.94 bits per heavy atom. The van der Waals surface area contributed by atoms with Gasteiger partial charge in [0.15, 0.2) is 17.2 Å². The molecule has 0 saturated carbocycles. The Hall–Kier alpha value is -3.14. The molecule has 170 valence electrons. The van der Waals surface area contributed by atoms with Crippen LogP contribution in [0.2, 0.25) is 0 Å². The highest BCUT2D eigenvalue weighted by Gasteiger charge is 2.26. The molecule has 3 atom stereocenters. The van der Waals surface area contributed by atoms with Crippen LogP contribution >= 0.6 is 15.9 Å². The molecule has 3 aromatic rings. The van der Waals surface area contributed by atoms with Crippen LogP contribution in [0.25, 0.3) is 10.9 Å². The molecule has 0 aliphatic rings. The summed E-state index contributed by atoms with van der Waals surface area (Å²) in [6, 6.07) is 4.79. The predicted molar refractivity (Wildman–Crippen MR) is 119 cm³/mol. The Balaban J connectivity index is 1.69. The minimum atomic E-state index is -1.02. The summed E-state index contributed by atoms with van der Waals surface area (Å²) in [6.45, 7) is 4.95. The zero-order chi connectivity index (χ0) is 23.6. The maximum atomic E-state index is 14.4. The zero-order valence-electron chi connectivity index (χ0n) is 17.9. The molecule has 0 aliphatic carbocycles. The summed E-state index contributed by atoms with van der Waals surface area (Å²) in [5.41, 5.74) is 0.126. The van der Waals surface area contributed by atoms with Gasteiger partial charge < -0.3 is 24.5 Å². The van der Waals surface area contributed by atoms with Crippen molar-refractivity contribution in [1.82, 2.24) is 14.9 Å². The van der Waals surface area contributed by atoms with Gasteiger partial charge in [-0.1, -0.05) is 15.9 Å². The highest BCUT2D eigenvalue weighted by atomic mass is 79.9. The average Bonchev–Trinajstić information content (AvgIpc) is 3.22. The van der Waals surface area contributed by atoms with Gasteiger partial charge in [0.1, 0.15) is 18.0 Å². The van der Waals surface area contributed by atoms with E-state index in [4.69, 9.17) is 9.47 Å². The van der Waals surface area contributed by atoms with Crippen molar-refractivity contribution in [2.75, 3.05) is 7.11 Å². The number of methoxy groups -OCH3 is 1. The van der Waals surface area contributed by atoms with E-state index in [2.05, 4.69) is 26.2 Å². The normalized spacial score (nSPS) is 13.9. The maximum absolute atomic E-state index is 14.4. The summed E-state index contributed by atoms with van der Waals surface area (Å²) < 4.78 is 27.4. The van der Waals surface area contributed by atoms with Gasteiger partial charge in [0.25, 0.3) is 5.91 Å². The van der Waals surface area contributed by atoms with E-state index in [0.29, 0.717) is 10.9 Å². The number of carbonyl (C=O) groups excluding carboxylic acids is 2. The summed E-state index contributed by atoms with van der Waals surface area (Å²) in [5, 5.41) is 13.2. The lowest BCUT2D eigenvalue weighted by atomic mass is 10.2. The van der Waals surface area contributed by atoms with Gasteiger partial charge in [-0.15, -0.1) is 0 Å². The number of hydrogen-bond donors (Lipinski definition) is 2. The molecule has 2 N–H and O–H groups in total. The molecule has 32 heavy (non-hydrogen) atoms. The third kappa shape index (κ3) is 4.55. The summed E-state index contributed by atoms with van der Waals surface area (Å²) >= 11 is 3.41. The molecular formula is C22H23BrFN3O5. The van der Waals surface area contributed by atoms with Crippen molar-refractivity contribution in [3.8, 4) is 11.5 Å². The molecule has 0 aliphatic heterocycles. The number of amides is 1. The van der Waals surface area contributed by atoms with Gasteiger partial charge in [-0.2, -0.15) is 0 Å². The molecule has 3 rings (SSSR count). The first-order chi connectivity index (χ1) is 15.1. The molecule has 10 heteroatoms. The number of nitrogens with one attached hydrogen (secondary N) is 1. The van der Waals surface area contributed by atoms with Gasteiger partial charge in [-0.25, -0.2) is 14.2 Å². The molecule has 0 spiro atoms. The lowest BCUT2D eigenvalue weighted by molar-refractivity contribution is -0.151. The van der Waals surface area contributed by atoms with Crippen LogP contribution in [0.4, 0.5) is 4.39 Å². The Morgan fingerprint density at radius 1 is 1.22 bits per heavy atom. The molecule has 2 unspecified atom stereocenters. The molecule has 1 aromatic carbocycles. The molecule has 0 radical (unpaired) electrons. The number of fused-ring (bicyclic) bond motifs is 1. The molecular weight excluding hydrogens is 485 g/mol. The van der Waals surface area contributed by atoms with Crippen LogP contribution in [0.1, 0.15) is 37.3 Å². The van der Waals surface area contributed by atoms with E-state index in [1.807, 2.05) is 0 Å². The third-order valence-electron chi connectivity index (χ3n) is 5.22. The summed E-state index contributed by atoms with van der Waals surface area (Å²) in [6.07, 6.45) is 2.41.